The van der Waals surface area contributed by atoms with E-state index in [-0.39, 0.29) is 0 Å². The van der Waals surface area contributed by atoms with Gasteiger partial charge in [-0.25, -0.2) is 4.98 Å². The van der Waals surface area contributed by atoms with Gasteiger partial charge >= 0.3 is 0 Å². The molecule has 0 bridgehead atoms. The maximum Gasteiger partial charge on any atom is 0.0958 e. The number of aromatic nitrogens is 2. The van der Waals surface area contributed by atoms with Gasteiger partial charge in [0, 0.05) is 13.0 Å². The minimum absolute atomic E-state index is 0.729. The minimum Gasteiger partial charge on any atom is -0.411 e. The Hall–Kier alpha value is -1.84. The van der Waals surface area contributed by atoms with Crippen molar-refractivity contribution >= 4 is 16.7 Å². The first-order valence-corrected chi connectivity index (χ1v) is 4.88. The van der Waals surface area contributed by atoms with Crippen molar-refractivity contribution < 1.29 is 5.21 Å². The van der Waals surface area contributed by atoms with Crippen LogP contribution in [-0.2, 0) is 6.54 Å². The first-order valence-electron chi connectivity index (χ1n) is 4.88. The van der Waals surface area contributed by atoms with Gasteiger partial charge in [-0.05, 0) is 19.1 Å². The lowest BCUT2D eigenvalue weighted by atomic mass is 10.3. The van der Waals surface area contributed by atoms with E-state index in [2.05, 4.69) is 14.7 Å². The zero-order valence-electron chi connectivity index (χ0n) is 8.59. The summed E-state index contributed by atoms with van der Waals surface area (Å²) in [6.07, 6.45) is 2.55. The molecule has 0 saturated carbocycles. The lowest BCUT2D eigenvalue weighted by Crippen LogP contribution is -2.01. The summed E-state index contributed by atoms with van der Waals surface area (Å²) >= 11 is 0. The molecule has 1 N–H and O–H groups in total. The monoisotopic (exact) mass is 203 g/mol. The van der Waals surface area contributed by atoms with Gasteiger partial charge < -0.3 is 9.77 Å². The summed E-state index contributed by atoms with van der Waals surface area (Å²) in [6.45, 7) is 2.59. The van der Waals surface area contributed by atoms with E-state index in [1.165, 1.54) is 0 Å². The van der Waals surface area contributed by atoms with E-state index in [0.29, 0.717) is 0 Å². The molecule has 1 aromatic heterocycles. The number of para-hydroxylation sites is 2. The van der Waals surface area contributed by atoms with E-state index in [1.807, 2.05) is 30.6 Å². The predicted molar refractivity (Wildman–Crippen MR) is 59.2 cm³/mol. The van der Waals surface area contributed by atoms with Gasteiger partial charge in [-0.1, -0.05) is 17.3 Å². The summed E-state index contributed by atoms with van der Waals surface area (Å²) in [4.78, 5) is 4.28. The number of benzene rings is 1. The maximum absolute atomic E-state index is 8.54. The summed E-state index contributed by atoms with van der Waals surface area (Å²) < 4.78 is 2.06. The van der Waals surface area contributed by atoms with Crippen LogP contribution in [0.3, 0.4) is 0 Å². The molecular weight excluding hydrogens is 190 g/mol. The number of oxime groups is 1. The second kappa shape index (κ2) is 4.13. The molecule has 0 saturated heterocycles. The van der Waals surface area contributed by atoms with Crippen molar-refractivity contribution in [1.29, 1.82) is 0 Å². The fourth-order valence-electron chi connectivity index (χ4n) is 1.52. The van der Waals surface area contributed by atoms with Crippen molar-refractivity contribution in [1.82, 2.24) is 9.55 Å². The Morgan fingerprint density at radius 2 is 2.27 bits per heavy atom. The van der Waals surface area contributed by atoms with Gasteiger partial charge in [-0.15, -0.1) is 0 Å². The van der Waals surface area contributed by atoms with Gasteiger partial charge in [0.2, 0.25) is 0 Å². The molecule has 0 unspecified atom stereocenters. The fraction of sp³-hybridized carbons (Fsp3) is 0.273. The van der Waals surface area contributed by atoms with Crippen LogP contribution in [0.4, 0.5) is 0 Å². The molecular formula is C11H13N3O. The lowest BCUT2D eigenvalue weighted by molar-refractivity contribution is 0.317. The quantitative estimate of drug-likeness (QED) is 0.472. The molecule has 1 aromatic carbocycles. The summed E-state index contributed by atoms with van der Waals surface area (Å²) in [6, 6.07) is 7.99. The molecule has 78 valence electrons. The first-order chi connectivity index (χ1) is 7.31. The molecule has 2 rings (SSSR count). The predicted octanol–water partition coefficient (Wildman–Crippen LogP) is 2.28. The third-order valence-electron chi connectivity index (χ3n) is 2.41. The smallest absolute Gasteiger partial charge is 0.0958 e. The third kappa shape index (κ3) is 1.98. The van der Waals surface area contributed by atoms with E-state index >= 15 is 0 Å². The van der Waals surface area contributed by atoms with Crippen LogP contribution in [0, 0.1) is 0 Å². The van der Waals surface area contributed by atoms with E-state index in [4.69, 9.17) is 5.21 Å². The highest BCUT2D eigenvalue weighted by atomic mass is 16.4. The highest BCUT2D eigenvalue weighted by Crippen LogP contribution is 2.12. The number of hydrogen-bond donors (Lipinski definition) is 1. The number of hydrogen-bond acceptors (Lipinski definition) is 3. The Bertz CT molecular complexity index is 487. The van der Waals surface area contributed by atoms with Crippen molar-refractivity contribution in [3.05, 3.63) is 30.6 Å². The van der Waals surface area contributed by atoms with Crippen LogP contribution in [0.5, 0.6) is 0 Å². The number of rotatable bonds is 3. The molecule has 0 amide bonds. The summed E-state index contributed by atoms with van der Waals surface area (Å²) in [5.74, 6) is 0. The number of aryl methyl sites for hydroxylation is 1. The normalized spacial score (nSPS) is 12.2. The van der Waals surface area contributed by atoms with E-state index < -0.39 is 0 Å². The van der Waals surface area contributed by atoms with E-state index in [9.17, 15) is 0 Å². The second-order valence-corrected chi connectivity index (χ2v) is 3.51. The Kier molecular flexibility index (Phi) is 2.67. The van der Waals surface area contributed by atoms with Crippen LogP contribution in [0.1, 0.15) is 13.3 Å². The minimum atomic E-state index is 0.729. The Morgan fingerprint density at radius 3 is 3.07 bits per heavy atom. The van der Waals surface area contributed by atoms with Crippen LogP contribution in [-0.4, -0.2) is 20.5 Å². The van der Waals surface area contributed by atoms with Gasteiger partial charge in [0.05, 0.1) is 23.1 Å². The maximum atomic E-state index is 8.54. The molecule has 4 heteroatoms. The molecule has 15 heavy (non-hydrogen) atoms. The van der Waals surface area contributed by atoms with Crippen molar-refractivity contribution in [2.75, 3.05) is 0 Å². The van der Waals surface area contributed by atoms with Gasteiger partial charge in [0.25, 0.3) is 0 Å². The average molecular weight is 203 g/mol. The molecule has 0 aliphatic heterocycles. The Balaban J connectivity index is 2.22. The number of imidazole rings is 1. The molecule has 0 spiro atoms. The molecule has 0 aliphatic carbocycles. The van der Waals surface area contributed by atoms with Gasteiger partial charge in [0.1, 0.15) is 0 Å². The zero-order chi connectivity index (χ0) is 10.7. The van der Waals surface area contributed by atoms with E-state index in [0.717, 1.165) is 29.7 Å². The average Bonchev–Trinajstić information content (AvgIpc) is 2.69. The van der Waals surface area contributed by atoms with Gasteiger partial charge in [0.15, 0.2) is 0 Å². The molecule has 0 radical (unpaired) electrons. The fourth-order valence-corrected chi connectivity index (χ4v) is 1.52. The molecule has 0 fully saturated rings. The van der Waals surface area contributed by atoms with Crippen molar-refractivity contribution in [2.45, 2.75) is 19.9 Å². The van der Waals surface area contributed by atoms with Gasteiger partial charge in [-0.2, -0.15) is 0 Å². The van der Waals surface area contributed by atoms with Crippen molar-refractivity contribution in [3.8, 4) is 0 Å². The largest absolute Gasteiger partial charge is 0.411 e. The summed E-state index contributed by atoms with van der Waals surface area (Å²) in [5.41, 5.74) is 2.84. The van der Waals surface area contributed by atoms with Crippen LogP contribution < -0.4 is 0 Å². The van der Waals surface area contributed by atoms with Crippen LogP contribution in [0.2, 0.25) is 0 Å². The van der Waals surface area contributed by atoms with Gasteiger partial charge in [-0.3, -0.25) is 0 Å². The van der Waals surface area contributed by atoms with Crippen LogP contribution in [0.15, 0.2) is 35.7 Å². The molecule has 0 aliphatic rings. The Labute approximate surface area is 87.9 Å². The SMILES string of the molecule is C/C(CCn1cnc2ccccc21)=N\O. The number of fused-ring (bicyclic) bond motifs is 1. The van der Waals surface area contributed by atoms with Crippen molar-refractivity contribution in [3.63, 3.8) is 0 Å². The summed E-state index contributed by atoms with van der Waals surface area (Å²) in [7, 11) is 0. The zero-order valence-corrected chi connectivity index (χ0v) is 8.59. The molecule has 2 aromatic rings. The molecule has 0 atom stereocenters. The standard InChI is InChI=1S/C11H13N3O/c1-9(13-15)6-7-14-8-12-10-4-2-3-5-11(10)14/h2-5,8,15H,6-7H2,1H3/b13-9+. The van der Waals surface area contributed by atoms with E-state index in [1.54, 1.807) is 6.92 Å². The first kappa shape index (κ1) is 9.71. The topological polar surface area (TPSA) is 50.4 Å². The highest BCUT2D eigenvalue weighted by molar-refractivity contribution is 5.81. The highest BCUT2D eigenvalue weighted by Gasteiger charge is 2.01. The summed E-state index contributed by atoms with van der Waals surface area (Å²) in [5, 5.41) is 11.7. The molecule has 4 nitrogen and oxygen atoms in total. The van der Waals surface area contributed by atoms with Crippen LogP contribution in [0.25, 0.3) is 11.0 Å². The lowest BCUT2D eigenvalue weighted by Gasteiger charge is -2.02. The third-order valence-corrected chi connectivity index (χ3v) is 2.41. The van der Waals surface area contributed by atoms with Crippen LogP contribution >= 0.6 is 0 Å². The molecule has 1 heterocycles. The number of nitrogens with zero attached hydrogens (tertiary/aromatic N) is 3. The van der Waals surface area contributed by atoms with Crippen molar-refractivity contribution in [2.24, 2.45) is 5.16 Å². The Morgan fingerprint density at radius 1 is 1.47 bits per heavy atom. The second-order valence-electron chi connectivity index (χ2n) is 3.51.